The molecular formula is C13H17BrN2O. The molecule has 92 valence electrons. The number of rotatable bonds is 4. The van der Waals surface area contributed by atoms with Crippen molar-refractivity contribution in [2.24, 2.45) is 0 Å². The summed E-state index contributed by atoms with van der Waals surface area (Å²) in [5.74, 6) is 0. The van der Waals surface area contributed by atoms with E-state index in [0.717, 1.165) is 15.7 Å². The first-order valence-electron chi connectivity index (χ1n) is 5.54. The average molecular weight is 297 g/mol. The second-order valence-corrected chi connectivity index (χ2v) is 5.12. The number of hydrogen-bond acceptors (Lipinski definition) is 3. The van der Waals surface area contributed by atoms with Crippen LogP contribution in [0.2, 0.25) is 0 Å². The highest BCUT2D eigenvalue weighted by molar-refractivity contribution is 9.10. The molecule has 0 spiro atoms. The Labute approximate surface area is 111 Å². The molecule has 3 nitrogen and oxygen atoms in total. The molecule has 0 aromatic heterocycles. The minimum atomic E-state index is -0.528. The molecule has 0 heterocycles. The first-order valence-corrected chi connectivity index (χ1v) is 6.34. The lowest BCUT2D eigenvalue weighted by Crippen LogP contribution is -2.29. The normalized spacial score (nSPS) is 13.9. The third kappa shape index (κ3) is 3.45. The summed E-state index contributed by atoms with van der Waals surface area (Å²) in [7, 11) is 1.94. The van der Waals surface area contributed by atoms with Crippen molar-refractivity contribution in [1.82, 2.24) is 0 Å². The van der Waals surface area contributed by atoms with Gasteiger partial charge in [0.1, 0.15) is 0 Å². The predicted octanol–water partition coefficient (Wildman–Crippen LogP) is 3.24. The minimum absolute atomic E-state index is 0.124. The van der Waals surface area contributed by atoms with E-state index in [4.69, 9.17) is 5.26 Å². The van der Waals surface area contributed by atoms with Crippen LogP contribution in [0.5, 0.6) is 0 Å². The van der Waals surface area contributed by atoms with Crippen molar-refractivity contribution >= 4 is 21.6 Å². The van der Waals surface area contributed by atoms with Gasteiger partial charge in [-0.3, -0.25) is 0 Å². The zero-order valence-electron chi connectivity index (χ0n) is 10.3. The Morgan fingerprint density at radius 3 is 2.65 bits per heavy atom. The largest absolute Gasteiger partial charge is 0.389 e. The number of halogens is 1. The number of aliphatic hydroxyl groups excluding tert-OH is 1. The van der Waals surface area contributed by atoms with Crippen LogP contribution in [0.15, 0.2) is 22.7 Å². The smallest absolute Gasteiger partial charge is 0.0782 e. The molecule has 0 bridgehead atoms. The highest BCUT2D eigenvalue weighted by Crippen LogP contribution is 2.30. The van der Waals surface area contributed by atoms with Gasteiger partial charge in [0, 0.05) is 28.8 Å². The summed E-state index contributed by atoms with van der Waals surface area (Å²) in [6.07, 6.45) is -0.0644. The van der Waals surface area contributed by atoms with E-state index in [-0.39, 0.29) is 6.04 Å². The topological polar surface area (TPSA) is 47.3 Å². The molecule has 0 saturated carbocycles. The van der Waals surface area contributed by atoms with Gasteiger partial charge in [0.25, 0.3) is 0 Å². The Balaban J connectivity index is 3.09. The van der Waals surface area contributed by atoms with Gasteiger partial charge in [-0.15, -0.1) is 0 Å². The highest BCUT2D eigenvalue weighted by atomic mass is 79.9. The molecule has 1 N–H and O–H groups in total. The number of nitriles is 1. The summed E-state index contributed by atoms with van der Waals surface area (Å²) in [6.45, 7) is 3.74. The molecule has 0 amide bonds. The van der Waals surface area contributed by atoms with Gasteiger partial charge in [0.15, 0.2) is 0 Å². The second kappa shape index (κ2) is 6.04. The summed E-state index contributed by atoms with van der Waals surface area (Å²) < 4.78 is 0.943. The number of anilines is 1. The van der Waals surface area contributed by atoms with Crippen molar-refractivity contribution in [3.8, 4) is 6.07 Å². The molecule has 0 fully saturated rings. The van der Waals surface area contributed by atoms with Gasteiger partial charge in [0.05, 0.1) is 18.6 Å². The zero-order valence-corrected chi connectivity index (χ0v) is 11.9. The molecule has 1 aromatic carbocycles. The molecule has 2 unspecified atom stereocenters. The van der Waals surface area contributed by atoms with Gasteiger partial charge in [-0.05, 0) is 32.0 Å². The molecule has 4 heteroatoms. The fourth-order valence-electron chi connectivity index (χ4n) is 1.69. The van der Waals surface area contributed by atoms with Crippen molar-refractivity contribution < 1.29 is 5.11 Å². The molecule has 2 atom stereocenters. The van der Waals surface area contributed by atoms with Crippen molar-refractivity contribution in [1.29, 1.82) is 5.26 Å². The lowest BCUT2D eigenvalue weighted by Gasteiger charge is -2.28. The van der Waals surface area contributed by atoms with E-state index in [9.17, 15) is 5.11 Å². The van der Waals surface area contributed by atoms with Crippen molar-refractivity contribution in [3.05, 3.63) is 28.2 Å². The second-order valence-electron chi connectivity index (χ2n) is 4.20. The molecule has 17 heavy (non-hydrogen) atoms. The van der Waals surface area contributed by atoms with Gasteiger partial charge >= 0.3 is 0 Å². The number of hydrogen-bond donors (Lipinski definition) is 1. The quantitative estimate of drug-likeness (QED) is 0.928. The average Bonchev–Trinajstić information content (AvgIpc) is 2.28. The van der Waals surface area contributed by atoms with Crippen LogP contribution in [0.4, 0.5) is 5.69 Å². The van der Waals surface area contributed by atoms with E-state index in [1.54, 1.807) is 6.92 Å². The molecule has 0 aliphatic carbocycles. The Morgan fingerprint density at radius 2 is 2.12 bits per heavy atom. The molecule has 1 rings (SSSR count). The fourth-order valence-corrected chi connectivity index (χ4v) is 2.07. The van der Waals surface area contributed by atoms with Crippen molar-refractivity contribution in [3.63, 3.8) is 0 Å². The van der Waals surface area contributed by atoms with E-state index in [2.05, 4.69) is 22.0 Å². The van der Waals surface area contributed by atoms with Crippen molar-refractivity contribution in [2.45, 2.75) is 32.4 Å². The number of aliphatic hydroxyl groups is 1. The van der Waals surface area contributed by atoms with E-state index in [1.807, 2.05) is 37.1 Å². The fraction of sp³-hybridized carbons (Fsp3) is 0.462. The van der Waals surface area contributed by atoms with Crippen LogP contribution >= 0.6 is 15.9 Å². The lowest BCUT2D eigenvalue weighted by atomic mass is 10.1. The van der Waals surface area contributed by atoms with Gasteiger partial charge < -0.3 is 10.0 Å². The maximum Gasteiger partial charge on any atom is 0.0782 e. The van der Waals surface area contributed by atoms with Crippen LogP contribution in [0.25, 0.3) is 0 Å². The summed E-state index contributed by atoms with van der Waals surface area (Å²) in [4.78, 5) is 2.03. The number of nitrogens with zero attached hydrogens (tertiary/aromatic N) is 2. The summed E-state index contributed by atoms with van der Waals surface area (Å²) in [6, 6.07) is 8.10. The van der Waals surface area contributed by atoms with Crippen molar-refractivity contribution in [2.75, 3.05) is 11.9 Å². The third-order valence-electron chi connectivity index (χ3n) is 2.87. The zero-order chi connectivity index (χ0) is 13.0. The molecule has 0 saturated heterocycles. The SMILES string of the molecule is CC(O)c1cc(Br)ccc1N(C)C(C)CC#N. The first kappa shape index (κ1) is 14.0. The van der Waals surface area contributed by atoms with Crippen LogP contribution < -0.4 is 4.90 Å². The Bertz CT molecular complexity index is 426. The summed E-state index contributed by atoms with van der Waals surface area (Å²) >= 11 is 3.40. The molecule has 0 radical (unpaired) electrons. The van der Waals surface area contributed by atoms with Crippen LogP contribution in [-0.2, 0) is 0 Å². The van der Waals surface area contributed by atoms with E-state index in [0.29, 0.717) is 6.42 Å². The van der Waals surface area contributed by atoms with E-state index in [1.165, 1.54) is 0 Å². The highest BCUT2D eigenvalue weighted by Gasteiger charge is 2.16. The van der Waals surface area contributed by atoms with Crippen LogP contribution in [0.1, 0.15) is 31.9 Å². The maximum atomic E-state index is 9.78. The van der Waals surface area contributed by atoms with Crippen LogP contribution in [0.3, 0.4) is 0 Å². The summed E-state index contributed by atoms with van der Waals surface area (Å²) in [5, 5.41) is 18.5. The van der Waals surface area contributed by atoms with Crippen LogP contribution in [0, 0.1) is 11.3 Å². The van der Waals surface area contributed by atoms with Gasteiger partial charge in [-0.25, -0.2) is 0 Å². The van der Waals surface area contributed by atoms with Gasteiger partial charge in [-0.1, -0.05) is 15.9 Å². The van der Waals surface area contributed by atoms with E-state index < -0.39 is 6.10 Å². The standard InChI is InChI=1S/C13H17BrN2O/c1-9(6-7-15)16(3)13-5-4-11(14)8-12(13)10(2)17/h4-5,8-10,17H,6H2,1-3H3. The first-order chi connectivity index (χ1) is 7.97. The Morgan fingerprint density at radius 1 is 1.47 bits per heavy atom. The maximum absolute atomic E-state index is 9.78. The van der Waals surface area contributed by atoms with Gasteiger partial charge in [0.2, 0.25) is 0 Å². The molecule has 1 aromatic rings. The Hall–Kier alpha value is -1.05. The predicted molar refractivity (Wildman–Crippen MR) is 72.9 cm³/mol. The molecular weight excluding hydrogens is 280 g/mol. The number of benzene rings is 1. The monoisotopic (exact) mass is 296 g/mol. The minimum Gasteiger partial charge on any atom is -0.389 e. The Kier molecular flexibility index (Phi) is 4.98. The lowest BCUT2D eigenvalue weighted by molar-refractivity contribution is 0.199. The third-order valence-corrected chi connectivity index (χ3v) is 3.36. The summed E-state index contributed by atoms with van der Waals surface area (Å²) in [5.41, 5.74) is 1.83. The van der Waals surface area contributed by atoms with E-state index >= 15 is 0 Å². The molecule has 0 aliphatic heterocycles. The van der Waals surface area contributed by atoms with Crippen LogP contribution in [-0.4, -0.2) is 18.2 Å². The molecule has 0 aliphatic rings. The van der Waals surface area contributed by atoms with Gasteiger partial charge in [-0.2, -0.15) is 5.26 Å².